The zero-order valence-electron chi connectivity index (χ0n) is 46.7. The summed E-state index contributed by atoms with van der Waals surface area (Å²) >= 11 is 0. The van der Waals surface area contributed by atoms with E-state index >= 15 is 0 Å². The average Bonchev–Trinajstić information content (AvgIpc) is 3.37. The van der Waals surface area contributed by atoms with Crippen LogP contribution >= 0.6 is 0 Å². The molecule has 0 N–H and O–H groups in total. The molecule has 0 aromatic heterocycles. The summed E-state index contributed by atoms with van der Waals surface area (Å²) in [6.45, 7) is 6.50. The van der Waals surface area contributed by atoms with E-state index in [2.05, 4.69) is 106 Å². The predicted molar refractivity (Wildman–Crippen MR) is 307 cm³/mol. The predicted octanol–water partition coefficient (Wildman–Crippen LogP) is 20.3. The van der Waals surface area contributed by atoms with Crippen LogP contribution in [-0.2, 0) is 28.6 Å². The van der Waals surface area contributed by atoms with Crippen molar-refractivity contribution in [3.63, 3.8) is 0 Å². The van der Waals surface area contributed by atoms with E-state index in [1.165, 1.54) is 154 Å². The lowest BCUT2D eigenvalue weighted by Gasteiger charge is -2.18. The molecular formula is C65H112O6. The maximum absolute atomic E-state index is 12.9. The standard InChI is InChI=1S/C65H112O6/c1-4-7-10-13-16-19-22-25-28-30-32-34-37-40-43-46-49-52-55-58-64(67)70-61-62(60-69-63(66)57-54-51-48-45-42-39-36-27-24-21-18-15-12-9-6-3)71-65(68)59-56-53-50-47-44-41-38-35-33-31-29-26-23-20-17-14-11-8-5-2/h7,10,16,19,21,24-26,28-29,32,34,40,43,62H,4-6,8-9,11-15,17-18,20,22-23,27,30-31,33,35-39,41-42,44-61H2,1-3H3/b10-7-,19-16-,24-21-,28-25-,29-26-,34-32-,43-40-/t62-/m0/s1. The number of carbonyl (C=O) groups is 3. The number of hydrogen-bond donors (Lipinski definition) is 0. The summed E-state index contributed by atoms with van der Waals surface area (Å²) in [5.41, 5.74) is 0. The SMILES string of the molecule is CC/C=C\C/C=C\C/C=C\C/C=C\C/C=C\CCCCCC(=O)OC[C@H](COC(=O)CCCCCCCCC/C=C\CCCCCC)OC(=O)CCCCCCCCCCC/C=C\CCCCCCCC. The Balaban J connectivity index is 4.44. The van der Waals surface area contributed by atoms with Gasteiger partial charge in [0.2, 0.25) is 0 Å². The van der Waals surface area contributed by atoms with E-state index in [4.69, 9.17) is 14.2 Å². The molecule has 0 heterocycles. The Morgan fingerprint density at radius 2 is 0.549 bits per heavy atom. The van der Waals surface area contributed by atoms with Crippen LogP contribution in [0.25, 0.3) is 0 Å². The first kappa shape index (κ1) is 67.6. The molecule has 0 saturated carbocycles. The van der Waals surface area contributed by atoms with Gasteiger partial charge in [-0.05, 0) is 116 Å². The maximum Gasteiger partial charge on any atom is 0.306 e. The zero-order chi connectivity index (χ0) is 51.4. The minimum absolute atomic E-state index is 0.0895. The van der Waals surface area contributed by atoms with Gasteiger partial charge in [0.15, 0.2) is 6.10 Å². The smallest absolute Gasteiger partial charge is 0.306 e. The van der Waals surface area contributed by atoms with Crippen molar-refractivity contribution in [3.8, 4) is 0 Å². The van der Waals surface area contributed by atoms with Crippen molar-refractivity contribution in [3.05, 3.63) is 85.1 Å². The molecule has 0 aromatic carbocycles. The second-order valence-corrected chi connectivity index (χ2v) is 19.9. The lowest BCUT2D eigenvalue weighted by molar-refractivity contribution is -0.167. The molecular weight excluding hydrogens is 877 g/mol. The van der Waals surface area contributed by atoms with Crippen LogP contribution in [0.1, 0.15) is 290 Å². The third-order valence-corrected chi connectivity index (χ3v) is 12.9. The van der Waals surface area contributed by atoms with E-state index in [0.29, 0.717) is 19.3 Å². The van der Waals surface area contributed by atoms with E-state index in [9.17, 15) is 14.4 Å². The van der Waals surface area contributed by atoms with E-state index in [1.807, 2.05) is 0 Å². The molecule has 1 atom stereocenters. The highest BCUT2D eigenvalue weighted by molar-refractivity contribution is 5.71. The third kappa shape index (κ3) is 57.4. The van der Waals surface area contributed by atoms with Crippen LogP contribution in [-0.4, -0.2) is 37.2 Å². The fraction of sp³-hybridized carbons (Fsp3) is 0.738. The van der Waals surface area contributed by atoms with Gasteiger partial charge in [-0.2, -0.15) is 0 Å². The average molecular weight is 990 g/mol. The molecule has 0 saturated heterocycles. The zero-order valence-corrected chi connectivity index (χ0v) is 46.7. The summed E-state index contributed by atoms with van der Waals surface area (Å²) < 4.78 is 16.9. The highest BCUT2D eigenvalue weighted by atomic mass is 16.6. The lowest BCUT2D eigenvalue weighted by Crippen LogP contribution is -2.30. The molecule has 0 amide bonds. The Morgan fingerprint density at radius 1 is 0.296 bits per heavy atom. The molecule has 0 aliphatic rings. The fourth-order valence-electron chi connectivity index (χ4n) is 8.34. The number of rotatable bonds is 54. The number of ether oxygens (including phenoxy) is 3. The van der Waals surface area contributed by atoms with Gasteiger partial charge in [0, 0.05) is 19.3 Å². The summed E-state index contributed by atoms with van der Waals surface area (Å²) in [7, 11) is 0. The van der Waals surface area contributed by atoms with E-state index in [-0.39, 0.29) is 31.1 Å². The lowest BCUT2D eigenvalue weighted by atomic mass is 10.1. The third-order valence-electron chi connectivity index (χ3n) is 12.9. The summed E-state index contributed by atoms with van der Waals surface area (Å²) in [6.07, 6.45) is 77.1. The summed E-state index contributed by atoms with van der Waals surface area (Å²) in [6, 6.07) is 0. The molecule has 0 rings (SSSR count). The van der Waals surface area contributed by atoms with Crippen molar-refractivity contribution in [2.24, 2.45) is 0 Å². The molecule has 0 fully saturated rings. The number of esters is 3. The van der Waals surface area contributed by atoms with Crippen molar-refractivity contribution >= 4 is 17.9 Å². The van der Waals surface area contributed by atoms with Crippen LogP contribution < -0.4 is 0 Å². The van der Waals surface area contributed by atoms with Crippen molar-refractivity contribution < 1.29 is 28.6 Å². The monoisotopic (exact) mass is 989 g/mol. The topological polar surface area (TPSA) is 78.9 Å². The minimum atomic E-state index is -0.794. The minimum Gasteiger partial charge on any atom is -0.462 e. The molecule has 0 radical (unpaired) electrons. The van der Waals surface area contributed by atoms with E-state index < -0.39 is 6.10 Å². The second-order valence-electron chi connectivity index (χ2n) is 19.9. The van der Waals surface area contributed by atoms with Crippen molar-refractivity contribution in [1.29, 1.82) is 0 Å². The molecule has 6 heteroatoms. The van der Waals surface area contributed by atoms with Gasteiger partial charge in [-0.3, -0.25) is 14.4 Å². The summed E-state index contributed by atoms with van der Waals surface area (Å²) in [5.74, 6) is -0.921. The van der Waals surface area contributed by atoms with Gasteiger partial charge in [-0.25, -0.2) is 0 Å². The molecule has 0 aliphatic carbocycles. The van der Waals surface area contributed by atoms with Gasteiger partial charge in [-0.1, -0.05) is 241 Å². The first-order valence-corrected chi connectivity index (χ1v) is 30.1. The van der Waals surface area contributed by atoms with Gasteiger partial charge in [0.1, 0.15) is 13.2 Å². The fourth-order valence-corrected chi connectivity index (χ4v) is 8.34. The highest BCUT2D eigenvalue weighted by Gasteiger charge is 2.19. The molecule has 0 unspecified atom stereocenters. The van der Waals surface area contributed by atoms with Crippen LogP contribution in [0.5, 0.6) is 0 Å². The molecule has 0 aromatic rings. The molecule has 0 spiro atoms. The van der Waals surface area contributed by atoms with Gasteiger partial charge in [0.05, 0.1) is 0 Å². The molecule has 0 bridgehead atoms. The Kier molecular flexibility index (Phi) is 56.3. The number of hydrogen-bond acceptors (Lipinski definition) is 6. The maximum atomic E-state index is 12.9. The first-order chi connectivity index (χ1) is 35.0. The van der Waals surface area contributed by atoms with E-state index in [0.717, 1.165) is 96.3 Å². The quantitative estimate of drug-likeness (QED) is 0.0261. The van der Waals surface area contributed by atoms with E-state index in [1.54, 1.807) is 0 Å². The van der Waals surface area contributed by atoms with Crippen LogP contribution in [0.15, 0.2) is 85.1 Å². The molecule has 71 heavy (non-hydrogen) atoms. The molecule has 0 aliphatic heterocycles. The van der Waals surface area contributed by atoms with Crippen molar-refractivity contribution in [1.82, 2.24) is 0 Å². The largest absolute Gasteiger partial charge is 0.462 e. The van der Waals surface area contributed by atoms with Gasteiger partial charge >= 0.3 is 17.9 Å². The number of carbonyl (C=O) groups excluding carboxylic acids is 3. The van der Waals surface area contributed by atoms with Crippen LogP contribution in [0, 0.1) is 0 Å². The Morgan fingerprint density at radius 3 is 0.901 bits per heavy atom. The highest BCUT2D eigenvalue weighted by Crippen LogP contribution is 2.15. The normalized spacial score (nSPS) is 12.7. The Labute approximate surface area is 439 Å². The van der Waals surface area contributed by atoms with Crippen molar-refractivity contribution in [2.45, 2.75) is 297 Å². The summed E-state index contributed by atoms with van der Waals surface area (Å²) in [4.78, 5) is 38.2. The Hall–Kier alpha value is -3.41. The number of unbranched alkanes of at least 4 members (excludes halogenated alkanes) is 29. The van der Waals surface area contributed by atoms with Crippen molar-refractivity contribution in [2.75, 3.05) is 13.2 Å². The Bertz CT molecular complexity index is 1370. The van der Waals surface area contributed by atoms with Crippen LogP contribution in [0.2, 0.25) is 0 Å². The first-order valence-electron chi connectivity index (χ1n) is 30.1. The summed E-state index contributed by atoms with van der Waals surface area (Å²) in [5, 5.41) is 0. The number of allylic oxidation sites excluding steroid dienone is 14. The molecule has 408 valence electrons. The molecule has 6 nitrogen and oxygen atoms in total. The van der Waals surface area contributed by atoms with Gasteiger partial charge < -0.3 is 14.2 Å². The van der Waals surface area contributed by atoms with Gasteiger partial charge in [-0.15, -0.1) is 0 Å². The van der Waals surface area contributed by atoms with Crippen LogP contribution in [0.3, 0.4) is 0 Å². The van der Waals surface area contributed by atoms with Gasteiger partial charge in [0.25, 0.3) is 0 Å². The van der Waals surface area contributed by atoms with Crippen LogP contribution in [0.4, 0.5) is 0 Å². The second kappa shape index (κ2) is 59.2.